The SMILES string of the molecule is O=C(N(Cc1cccc(Oc2ccccc2)c1)c1ccc(C2CC2NCC2CC2)cc1)C(F)(F)F. The first-order valence-corrected chi connectivity index (χ1v) is 11.9. The summed E-state index contributed by atoms with van der Waals surface area (Å²) in [4.78, 5) is 13.1. The molecule has 2 saturated carbocycles. The zero-order chi connectivity index (χ0) is 24.4. The van der Waals surface area contributed by atoms with Gasteiger partial charge >= 0.3 is 12.1 Å². The van der Waals surface area contributed by atoms with E-state index in [2.05, 4.69) is 5.32 Å². The molecule has 1 N–H and O–H groups in total. The number of hydrogen-bond acceptors (Lipinski definition) is 3. The molecule has 4 nitrogen and oxygen atoms in total. The third kappa shape index (κ3) is 6.03. The number of carbonyl (C=O) groups is 1. The van der Waals surface area contributed by atoms with Crippen LogP contribution >= 0.6 is 0 Å². The van der Waals surface area contributed by atoms with Crippen LogP contribution in [0.5, 0.6) is 11.5 Å². The zero-order valence-electron chi connectivity index (χ0n) is 19.2. The summed E-state index contributed by atoms with van der Waals surface area (Å²) in [6.07, 6.45) is -1.36. The average molecular weight is 481 g/mol. The first kappa shape index (κ1) is 23.4. The Bertz CT molecular complexity index is 1160. The molecule has 35 heavy (non-hydrogen) atoms. The molecule has 7 heteroatoms. The lowest BCUT2D eigenvalue weighted by atomic mass is 10.1. The van der Waals surface area contributed by atoms with E-state index in [1.54, 1.807) is 48.5 Å². The van der Waals surface area contributed by atoms with Crippen molar-refractivity contribution in [1.29, 1.82) is 0 Å². The maximum atomic E-state index is 13.5. The van der Waals surface area contributed by atoms with E-state index < -0.39 is 12.1 Å². The Balaban J connectivity index is 1.31. The first-order chi connectivity index (χ1) is 16.9. The van der Waals surface area contributed by atoms with Gasteiger partial charge in [0, 0.05) is 17.6 Å². The standard InChI is InChI=1S/C28H27F3N2O2/c29-28(30,31)27(34)33(18-20-5-4-8-24(15-20)35-23-6-2-1-3-7-23)22-13-11-21(12-14-22)25-16-26(25)32-17-19-9-10-19/h1-8,11-15,19,25-26,32H,9-10,16-18H2. The molecular formula is C28H27F3N2O2. The van der Waals surface area contributed by atoms with Crippen molar-refractivity contribution in [3.63, 3.8) is 0 Å². The van der Waals surface area contributed by atoms with Crippen molar-refractivity contribution < 1.29 is 22.7 Å². The summed E-state index contributed by atoms with van der Waals surface area (Å²) in [6.45, 7) is 0.818. The monoisotopic (exact) mass is 480 g/mol. The summed E-state index contributed by atoms with van der Waals surface area (Å²) in [5.41, 5.74) is 1.83. The molecule has 0 aliphatic heterocycles. The van der Waals surface area contributed by atoms with Gasteiger partial charge in [0.1, 0.15) is 11.5 Å². The molecule has 2 fully saturated rings. The second-order valence-electron chi connectivity index (χ2n) is 9.34. The van der Waals surface area contributed by atoms with E-state index in [-0.39, 0.29) is 12.2 Å². The molecule has 5 rings (SSSR count). The molecule has 0 spiro atoms. The van der Waals surface area contributed by atoms with Crippen LogP contribution in [0.3, 0.4) is 0 Å². The van der Waals surface area contributed by atoms with Gasteiger partial charge in [-0.2, -0.15) is 13.2 Å². The minimum Gasteiger partial charge on any atom is -0.457 e. The largest absolute Gasteiger partial charge is 0.471 e. The van der Waals surface area contributed by atoms with Crippen LogP contribution in [-0.4, -0.2) is 24.7 Å². The molecule has 3 aromatic carbocycles. The molecular weight excluding hydrogens is 453 g/mol. The molecule has 3 aromatic rings. The summed E-state index contributed by atoms with van der Waals surface area (Å²) >= 11 is 0. The summed E-state index contributed by atoms with van der Waals surface area (Å²) in [7, 11) is 0. The van der Waals surface area contributed by atoms with E-state index in [9.17, 15) is 18.0 Å². The smallest absolute Gasteiger partial charge is 0.457 e. The lowest BCUT2D eigenvalue weighted by molar-refractivity contribution is -0.170. The number of benzene rings is 3. The van der Waals surface area contributed by atoms with Gasteiger partial charge < -0.3 is 15.0 Å². The maximum Gasteiger partial charge on any atom is 0.471 e. The Morgan fingerprint density at radius 1 is 0.943 bits per heavy atom. The quantitative estimate of drug-likeness (QED) is 0.384. The predicted octanol–water partition coefficient (Wildman–Crippen LogP) is 6.43. The molecule has 1 amide bonds. The van der Waals surface area contributed by atoms with Crippen molar-refractivity contribution in [3.8, 4) is 11.5 Å². The number of alkyl halides is 3. The lowest BCUT2D eigenvalue weighted by Gasteiger charge is -2.24. The van der Waals surface area contributed by atoms with Crippen LogP contribution in [0.1, 0.15) is 36.3 Å². The van der Waals surface area contributed by atoms with Crippen molar-refractivity contribution in [2.24, 2.45) is 5.92 Å². The van der Waals surface area contributed by atoms with E-state index in [0.717, 1.165) is 29.3 Å². The molecule has 0 radical (unpaired) electrons. The van der Waals surface area contributed by atoms with Gasteiger partial charge in [-0.05, 0) is 79.3 Å². The van der Waals surface area contributed by atoms with Gasteiger partial charge in [-0.1, -0.05) is 42.5 Å². The van der Waals surface area contributed by atoms with Crippen molar-refractivity contribution in [3.05, 3.63) is 90.0 Å². The van der Waals surface area contributed by atoms with Crippen LogP contribution in [-0.2, 0) is 11.3 Å². The Hall–Kier alpha value is -3.32. The second-order valence-corrected chi connectivity index (χ2v) is 9.34. The third-order valence-corrected chi connectivity index (χ3v) is 6.49. The fourth-order valence-corrected chi connectivity index (χ4v) is 4.28. The average Bonchev–Trinajstić information content (AvgIpc) is 3.77. The van der Waals surface area contributed by atoms with Crippen LogP contribution in [0, 0.1) is 5.92 Å². The van der Waals surface area contributed by atoms with Crippen molar-refractivity contribution >= 4 is 11.6 Å². The summed E-state index contributed by atoms with van der Waals surface area (Å²) < 4.78 is 46.2. The number of carbonyl (C=O) groups excluding carboxylic acids is 1. The lowest BCUT2D eigenvalue weighted by Crippen LogP contribution is -2.40. The van der Waals surface area contributed by atoms with E-state index >= 15 is 0 Å². The number of rotatable bonds is 9. The molecule has 2 atom stereocenters. The van der Waals surface area contributed by atoms with E-state index in [0.29, 0.717) is 29.0 Å². The number of ether oxygens (including phenoxy) is 1. The summed E-state index contributed by atoms with van der Waals surface area (Å²) in [6, 6.07) is 23.2. The highest BCUT2D eigenvalue weighted by atomic mass is 19.4. The zero-order valence-corrected chi connectivity index (χ0v) is 19.2. The van der Waals surface area contributed by atoms with Gasteiger partial charge in [-0.25, -0.2) is 0 Å². The van der Waals surface area contributed by atoms with Gasteiger partial charge in [-0.3, -0.25) is 4.79 Å². The molecule has 0 aromatic heterocycles. The van der Waals surface area contributed by atoms with Crippen LogP contribution in [0.25, 0.3) is 0 Å². The number of amides is 1. The Kier molecular flexibility index (Phi) is 6.52. The van der Waals surface area contributed by atoms with Gasteiger partial charge in [0.05, 0.1) is 6.54 Å². The molecule has 0 heterocycles. The number of anilines is 1. The van der Waals surface area contributed by atoms with Crippen molar-refractivity contribution in [1.82, 2.24) is 5.32 Å². The van der Waals surface area contributed by atoms with Crippen LogP contribution in [0.4, 0.5) is 18.9 Å². The second kappa shape index (κ2) is 9.74. The van der Waals surface area contributed by atoms with Gasteiger partial charge in [0.2, 0.25) is 0 Å². The normalized spacial score (nSPS) is 19.3. The van der Waals surface area contributed by atoms with E-state index in [4.69, 9.17) is 4.74 Å². The fourth-order valence-electron chi connectivity index (χ4n) is 4.28. The number of para-hydroxylation sites is 1. The predicted molar refractivity (Wildman–Crippen MR) is 129 cm³/mol. The molecule has 0 saturated heterocycles. The molecule has 182 valence electrons. The van der Waals surface area contributed by atoms with Crippen LogP contribution < -0.4 is 15.0 Å². The van der Waals surface area contributed by atoms with Gasteiger partial charge in [0.15, 0.2) is 0 Å². The molecule has 2 unspecified atom stereocenters. The number of nitrogens with zero attached hydrogens (tertiary/aromatic N) is 1. The fraction of sp³-hybridized carbons (Fsp3) is 0.321. The van der Waals surface area contributed by atoms with Crippen LogP contribution in [0.2, 0.25) is 0 Å². The Labute approximate surface area is 202 Å². The molecule has 2 aliphatic carbocycles. The Morgan fingerprint density at radius 2 is 1.66 bits per heavy atom. The minimum atomic E-state index is -4.98. The number of nitrogens with one attached hydrogen (secondary N) is 1. The van der Waals surface area contributed by atoms with E-state index in [1.807, 2.05) is 30.3 Å². The first-order valence-electron chi connectivity index (χ1n) is 11.9. The highest BCUT2D eigenvalue weighted by Crippen LogP contribution is 2.42. The highest BCUT2D eigenvalue weighted by molar-refractivity contribution is 5.97. The van der Waals surface area contributed by atoms with E-state index in [1.165, 1.54) is 12.8 Å². The van der Waals surface area contributed by atoms with Crippen LogP contribution in [0.15, 0.2) is 78.9 Å². The molecule has 2 aliphatic rings. The third-order valence-electron chi connectivity index (χ3n) is 6.49. The maximum absolute atomic E-state index is 13.5. The summed E-state index contributed by atoms with van der Waals surface area (Å²) in [5.74, 6) is 0.393. The molecule has 0 bridgehead atoms. The number of halogens is 3. The highest BCUT2D eigenvalue weighted by Gasteiger charge is 2.43. The van der Waals surface area contributed by atoms with Crippen molar-refractivity contribution in [2.45, 2.75) is 43.9 Å². The number of hydrogen-bond donors (Lipinski definition) is 1. The summed E-state index contributed by atoms with van der Waals surface area (Å²) in [5, 5.41) is 3.57. The van der Waals surface area contributed by atoms with Gasteiger partial charge in [-0.15, -0.1) is 0 Å². The minimum absolute atomic E-state index is 0.216. The Morgan fingerprint density at radius 3 is 2.34 bits per heavy atom. The topological polar surface area (TPSA) is 41.6 Å². The van der Waals surface area contributed by atoms with Crippen molar-refractivity contribution in [2.75, 3.05) is 11.4 Å². The van der Waals surface area contributed by atoms with Gasteiger partial charge in [0.25, 0.3) is 0 Å².